The number of nitrogens with one attached hydrogen (secondary N) is 2. The molecule has 32 heavy (non-hydrogen) atoms. The molecule has 0 atom stereocenters. The first-order chi connectivity index (χ1) is 15.5. The van der Waals surface area contributed by atoms with Crippen molar-refractivity contribution < 1.29 is 4.79 Å². The van der Waals surface area contributed by atoms with Gasteiger partial charge in [0, 0.05) is 70.2 Å². The van der Waals surface area contributed by atoms with Crippen LogP contribution in [-0.4, -0.2) is 78.0 Å². The summed E-state index contributed by atoms with van der Waals surface area (Å²) in [4.78, 5) is 27.9. The van der Waals surface area contributed by atoms with Crippen molar-refractivity contribution in [1.29, 1.82) is 0 Å². The molecule has 3 aliphatic rings. The van der Waals surface area contributed by atoms with Gasteiger partial charge < -0.3 is 20.4 Å². The molecular formula is C22H27Cl2N7O. The van der Waals surface area contributed by atoms with Crippen LogP contribution in [0, 0.1) is 0 Å². The third-order valence-electron chi connectivity index (χ3n) is 6.68. The first-order valence-corrected chi connectivity index (χ1v) is 11.8. The number of aromatic nitrogens is 2. The van der Waals surface area contributed by atoms with Gasteiger partial charge in [0.2, 0.25) is 5.28 Å². The van der Waals surface area contributed by atoms with Crippen LogP contribution in [0.4, 0.5) is 17.2 Å². The zero-order valence-electron chi connectivity index (χ0n) is 18.1. The van der Waals surface area contributed by atoms with Crippen LogP contribution < -0.4 is 15.5 Å². The third kappa shape index (κ3) is 4.12. The average Bonchev–Trinajstić information content (AvgIpc) is 3.12. The van der Waals surface area contributed by atoms with Gasteiger partial charge in [-0.05, 0) is 36.6 Å². The number of carbonyl (C=O) groups is 1. The van der Waals surface area contributed by atoms with Crippen LogP contribution in [0.1, 0.15) is 28.8 Å². The van der Waals surface area contributed by atoms with E-state index in [-0.39, 0.29) is 11.2 Å². The molecule has 2 aromatic rings. The Bertz CT molecular complexity index is 1020. The van der Waals surface area contributed by atoms with E-state index in [0.717, 1.165) is 63.4 Å². The summed E-state index contributed by atoms with van der Waals surface area (Å²) in [6.07, 6.45) is 3.74. The van der Waals surface area contributed by atoms with Crippen molar-refractivity contribution >= 4 is 46.3 Å². The highest BCUT2D eigenvalue weighted by Gasteiger charge is 2.33. The molecule has 8 nitrogen and oxygen atoms in total. The molecule has 2 saturated heterocycles. The summed E-state index contributed by atoms with van der Waals surface area (Å²) in [5.41, 5.74) is 3.57. The maximum Gasteiger partial charge on any atom is 0.256 e. The monoisotopic (exact) mass is 475 g/mol. The minimum Gasteiger partial charge on any atom is -0.371 e. The second kappa shape index (κ2) is 9.02. The van der Waals surface area contributed by atoms with Gasteiger partial charge in [-0.25, -0.2) is 4.98 Å². The van der Waals surface area contributed by atoms with Crippen molar-refractivity contribution in [2.75, 3.05) is 56.5 Å². The number of nitrogens with zero attached hydrogens (tertiary/aromatic N) is 5. The van der Waals surface area contributed by atoms with Gasteiger partial charge in [-0.1, -0.05) is 11.6 Å². The number of benzene rings is 1. The van der Waals surface area contributed by atoms with Crippen molar-refractivity contribution in [2.45, 2.75) is 25.4 Å². The number of hydrogen-bond acceptors (Lipinski definition) is 7. The molecule has 1 aromatic heterocycles. The zero-order valence-corrected chi connectivity index (χ0v) is 19.6. The minimum absolute atomic E-state index is 0.00340. The van der Waals surface area contributed by atoms with Crippen LogP contribution in [0.2, 0.25) is 10.3 Å². The molecule has 10 heteroatoms. The van der Waals surface area contributed by atoms with E-state index in [1.54, 1.807) is 4.90 Å². The molecule has 2 N–H and O–H groups in total. The summed E-state index contributed by atoms with van der Waals surface area (Å²) in [7, 11) is 1.83. The predicted molar refractivity (Wildman–Crippen MR) is 127 cm³/mol. The summed E-state index contributed by atoms with van der Waals surface area (Å²) in [6.45, 7) is 7.02. The molecule has 5 rings (SSSR count). The maximum absolute atomic E-state index is 13.0. The smallest absolute Gasteiger partial charge is 0.256 e. The average molecular weight is 476 g/mol. The van der Waals surface area contributed by atoms with Crippen molar-refractivity contribution in [3.63, 3.8) is 0 Å². The van der Waals surface area contributed by atoms with E-state index in [0.29, 0.717) is 34.7 Å². The maximum atomic E-state index is 13.0. The Labute approximate surface area is 197 Å². The lowest BCUT2D eigenvalue weighted by atomic mass is 9.99. The summed E-state index contributed by atoms with van der Waals surface area (Å²) < 4.78 is 0. The van der Waals surface area contributed by atoms with E-state index >= 15 is 0 Å². The number of piperazine rings is 1. The molecule has 4 heterocycles. The van der Waals surface area contributed by atoms with E-state index in [1.165, 1.54) is 6.20 Å². The summed E-state index contributed by atoms with van der Waals surface area (Å²) in [5.74, 6) is 0.386. The highest BCUT2D eigenvalue weighted by atomic mass is 35.5. The van der Waals surface area contributed by atoms with Crippen LogP contribution in [0.3, 0.4) is 0 Å². The number of amides is 1. The Morgan fingerprint density at radius 3 is 2.62 bits per heavy atom. The van der Waals surface area contributed by atoms with E-state index < -0.39 is 0 Å². The first-order valence-electron chi connectivity index (χ1n) is 11.1. The number of fused-ring (bicyclic) bond motifs is 1. The van der Waals surface area contributed by atoms with Gasteiger partial charge in [0.15, 0.2) is 5.82 Å². The fourth-order valence-corrected chi connectivity index (χ4v) is 5.29. The molecule has 0 radical (unpaired) electrons. The minimum atomic E-state index is -0.00340. The van der Waals surface area contributed by atoms with Crippen molar-refractivity contribution in [1.82, 2.24) is 25.1 Å². The molecule has 0 bridgehead atoms. The van der Waals surface area contributed by atoms with Crippen LogP contribution >= 0.6 is 23.2 Å². The second-order valence-corrected chi connectivity index (χ2v) is 9.36. The van der Waals surface area contributed by atoms with Gasteiger partial charge in [-0.3, -0.25) is 9.69 Å². The molecule has 0 aliphatic carbocycles. The third-order valence-corrected chi connectivity index (χ3v) is 7.14. The number of halogens is 2. The molecule has 2 fully saturated rings. The standard InChI is InChI=1S/C22H27Cl2N7O/c1-29-13-15-18(31-8-4-14(5-9-31)30-10-6-25-7-11-30)3-2-17(19(15)21(29)32)27-20-16(23)12-26-22(24)28-20/h2-3,12,14,25H,4-11,13H2,1H3,(H,26,27,28). The molecule has 0 spiro atoms. The van der Waals surface area contributed by atoms with Gasteiger partial charge >= 0.3 is 0 Å². The molecule has 0 unspecified atom stereocenters. The zero-order chi connectivity index (χ0) is 22.2. The fraction of sp³-hybridized carbons (Fsp3) is 0.500. The Hall–Kier alpha value is -2.13. The lowest BCUT2D eigenvalue weighted by molar-refractivity contribution is 0.0817. The van der Waals surface area contributed by atoms with Crippen molar-refractivity contribution in [3.05, 3.63) is 39.8 Å². The van der Waals surface area contributed by atoms with Crippen molar-refractivity contribution in [3.8, 4) is 0 Å². The summed E-state index contributed by atoms with van der Waals surface area (Å²) >= 11 is 12.2. The van der Waals surface area contributed by atoms with E-state index in [9.17, 15) is 4.79 Å². The van der Waals surface area contributed by atoms with Gasteiger partial charge in [0.25, 0.3) is 5.91 Å². The number of anilines is 3. The number of rotatable bonds is 4. The van der Waals surface area contributed by atoms with E-state index in [1.807, 2.05) is 13.1 Å². The lowest BCUT2D eigenvalue weighted by Crippen LogP contribution is -2.52. The number of piperidine rings is 1. The topological polar surface area (TPSA) is 76.6 Å². The van der Waals surface area contributed by atoms with Crippen molar-refractivity contribution in [2.24, 2.45) is 0 Å². The molecule has 1 amide bonds. The highest BCUT2D eigenvalue weighted by Crippen LogP contribution is 2.39. The largest absolute Gasteiger partial charge is 0.371 e. The Balaban J connectivity index is 1.39. The summed E-state index contributed by atoms with van der Waals surface area (Å²) in [5, 5.41) is 7.08. The van der Waals surface area contributed by atoms with Crippen LogP contribution in [0.5, 0.6) is 0 Å². The van der Waals surface area contributed by atoms with Crippen LogP contribution in [-0.2, 0) is 6.54 Å². The predicted octanol–water partition coefficient (Wildman–Crippen LogP) is 2.99. The number of carbonyl (C=O) groups excluding carboxylic acids is 1. The second-order valence-electron chi connectivity index (χ2n) is 8.61. The van der Waals surface area contributed by atoms with Crippen LogP contribution in [0.25, 0.3) is 0 Å². The first kappa shape index (κ1) is 21.7. The molecular weight excluding hydrogens is 449 g/mol. The van der Waals surface area contributed by atoms with Gasteiger partial charge in [0.05, 0.1) is 17.4 Å². The lowest BCUT2D eigenvalue weighted by Gasteiger charge is -2.41. The number of hydrogen-bond donors (Lipinski definition) is 2. The van der Waals surface area contributed by atoms with E-state index in [2.05, 4.69) is 36.5 Å². The SMILES string of the molecule is CN1Cc2c(N3CCC(N4CCNCC4)CC3)ccc(Nc3nc(Cl)ncc3Cl)c2C1=O. The van der Waals surface area contributed by atoms with Gasteiger partial charge in [0.1, 0.15) is 5.02 Å². The van der Waals surface area contributed by atoms with Gasteiger partial charge in [-0.15, -0.1) is 0 Å². The molecule has 3 aliphatic heterocycles. The Morgan fingerprint density at radius 2 is 1.88 bits per heavy atom. The Kier molecular flexibility index (Phi) is 6.11. The highest BCUT2D eigenvalue weighted by molar-refractivity contribution is 6.33. The quantitative estimate of drug-likeness (QED) is 0.658. The Morgan fingerprint density at radius 1 is 1.12 bits per heavy atom. The van der Waals surface area contributed by atoms with Crippen LogP contribution in [0.15, 0.2) is 18.3 Å². The normalized spacial score (nSPS) is 20.0. The molecule has 0 saturated carbocycles. The van der Waals surface area contributed by atoms with Gasteiger partial charge in [-0.2, -0.15) is 4.98 Å². The van der Waals surface area contributed by atoms with E-state index in [4.69, 9.17) is 23.2 Å². The summed E-state index contributed by atoms with van der Waals surface area (Å²) in [6, 6.07) is 4.70. The molecule has 1 aromatic carbocycles. The molecule has 170 valence electrons. The fourth-order valence-electron chi connectivity index (χ4n) is 5.02.